The van der Waals surface area contributed by atoms with E-state index in [-0.39, 0.29) is 6.04 Å². The van der Waals surface area contributed by atoms with Gasteiger partial charge in [-0.15, -0.1) is 0 Å². The van der Waals surface area contributed by atoms with Crippen molar-refractivity contribution in [2.45, 2.75) is 39.7 Å². The van der Waals surface area contributed by atoms with E-state index in [0.29, 0.717) is 5.92 Å². The van der Waals surface area contributed by atoms with Crippen molar-refractivity contribution in [1.82, 2.24) is 15.3 Å². The topological polar surface area (TPSA) is 37.8 Å². The summed E-state index contributed by atoms with van der Waals surface area (Å²) in [7, 11) is 0. The second-order valence-electron chi connectivity index (χ2n) is 5.39. The van der Waals surface area contributed by atoms with Crippen LogP contribution in [0.5, 0.6) is 0 Å². The smallest absolute Gasteiger partial charge is 0.0801 e. The van der Waals surface area contributed by atoms with Crippen LogP contribution in [0.3, 0.4) is 0 Å². The van der Waals surface area contributed by atoms with Crippen LogP contribution >= 0.6 is 0 Å². The van der Waals surface area contributed by atoms with E-state index in [2.05, 4.69) is 60.3 Å². The first-order valence-electron chi connectivity index (χ1n) is 7.23. The van der Waals surface area contributed by atoms with E-state index in [4.69, 9.17) is 0 Å². The maximum atomic E-state index is 4.51. The summed E-state index contributed by atoms with van der Waals surface area (Å²) in [4.78, 5) is 8.86. The molecular formula is C17H23N3. The summed E-state index contributed by atoms with van der Waals surface area (Å²) in [5.41, 5.74) is 4.50. The molecule has 0 aliphatic carbocycles. The molecule has 20 heavy (non-hydrogen) atoms. The lowest BCUT2D eigenvalue weighted by atomic mass is 9.98. The predicted molar refractivity (Wildman–Crippen MR) is 82.8 cm³/mol. The molecule has 2 rings (SSSR count). The highest BCUT2D eigenvalue weighted by Gasteiger charge is 2.14. The van der Waals surface area contributed by atoms with Crippen LogP contribution in [0.15, 0.2) is 36.7 Å². The third-order valence-corrected chi connectivity index (χ3v) is 3.44. The Hall–Kier alpha value is -1.74. The molecule has 0 aliphatic rings. The summed E-state index contributed by atoms with van der Waals surface area (Å²) in [6.07, 6.45) is 3.68. The molecule has 0 bridgehead atoms. The number of rotatable bonds is 5. The zero-order chi connectivity index (χ0) is 14.5. The molecule has 1 unspecified atom stereocenters. The Morgan fingerprint density at radius 3 is 2.15 bits per heavy atom. The van der Waals surface area contributed by atoms with Gasteiger partial charge in [0.05, 0.1) is 23.6 Å². The van der Waals surface area contributed by atoms with Crippen LogP contribution < -0.4 is 5.32 Å². The quantitative estimate of drug-likeness (QED) is 0.901. The predicted octanol–water partition coefficient (Wildman–Crippen LogP) is 3.61. The van der Waals surface area contributed by atoms with Gasteiger partial charge in [0.2, 0.25) is 0 Å². The third kappa shape index (κ3) is 3.42. The van der Waals surface area contributed by atoms with E-state index in [1.54, 1.807) is 0 Å². The number of aryl methyl sites for hydroxylation is 1. The van der Waals surface area contributed by atoms with Gasteiger partial charge in [-0.25, -0.2) is 0 Å². The number of nitrogens with one attached hydrogen (secondary N) is 1. The summed E-state index contributed by atoms with van der Waals surface area (Å²) >= 11 is 0. The van der Waals surface area contributed by atoms with E-state index in [0.717, 1.165) is 17.9 Å². The second-order valence-corrected chi connectivity index (χ2v) is 5.39. The lowest BCUT2D eigenvalue weighted by molar-refractivity contribution is 0.611. The average molecular weight is 269 g/mol. The molecule has 1 aromatic heterocycles. The highest BCUT2D eigenvalue weighted by molar-refractivity contribution is 5.31. The fourth-order valence-electron chi connectivity index (χ4n) is 2.22. The molecule has 0 amide bonds. The summed E-state index contributed by atoms with van der Waals surface area (Å²) < 4.78 is 0. The first-order valence-corrected chi connectivity index (χ1v) is 7.23. The Bertz CT molecular complexity index is 529. The van der Waals surface area contributed by atoms with Crippen LogP contribution in [0.2, 0.25) is 0 Å². The van der Waals surface area contributed by atoms with Gasteiger partial charge in [0.25, 0.3) is 0 Å². The van der Waals surface area contributed by atoms with Gasteiger partial charge in [-0.05, 0) is 30.5 Å². The van der Waals surface area contributed by atoms with Crippen LogP contribution in [0.25, 0.3) is 0 Å². The van der Waals surface area contributed by atoms with E-state index in [1.165, 1.54) is 11.1 Å². The minimum Gasteiger partial charge on any atom is -0.305 e. The molecule has 1 aromatic carbocycles. The van der Waals surface area contributed by atoms with Gasteiger partial charge in [-0.1, -0.05) is 45.0 Å². The van der Waals surface area contributed by atoms with E-state index in [9.17, 15) is 0 Å². The van der Waals surface area contributed by atoms with E-state index >= 15 is 0 Å². The van der Waals surface area contributed by atoms with Gasteiger partial charge in [0, 0.05) is 6.20 Å². The first-order chi connectivity index (χ1) is 9.61. The Labute approximate surface area is 121 Å². The lowest BCUT2D eigenvalue weighted by Gasteiger charge is -2.18. The van der Waals surface area contributed by atoms with Crippen molar-refractivity contribution in [2.75, 3.05) is 6.54 Å². The van der Waals surface area contributed by atoms with Crippen molar-refractivity contribution in [2.24, 2.45) is 0 Å². The molecule has 0 spiro atoms. The Morgan fingerprint density at radius 2 is 1.65 bits per heavy atom. The molecule has 1 N–H and O–H groups in total. The number of hydrogen-bond acceptors (Lipinski definition) is 3. The summed E-state index contributed by atoms with van der Waals surface area (Å²) in [5.74, 6) is 0.556. The second kappa shape index (κ2) is 6.62. The van der Waals surface area contributed by atoms with Gasteiger partial charge in [-0.3, -0.25) is 9.97 Å². The summed E-state index contributed by atoms with van der Waals surface area (Å²) in [6.45, 7) is 9.38. The summed E-state index contributed by atoms with van der Waals surface area (Å²) in [6, 6.07) is 8.88. The molecule has 3 heteroatoms. The van der Waals surface area contributed by atoms with Crippen LogP contribution in [-0.2, 0) is 0 Å². The maximum absolute atomic E-state index is 4.51. The van der Waals surface area contributed by atoms with Gasteiger partial charge in [0.1, 0.15) is 0 Å². The van der Waals surface area contributed by atoms with Crippen LogP contribution in [-0.4, -0.2) is 16.5 Å². The molecule has 1 atom stereocenters. The zero-order valence-corrected chi connectivity index (χ0v) is 12.7. The molecule has 3 nitrogen and oxygen atoms in total. The first kappa shape index (κ1) is 14.7. The molecule has 0 radical (unpaired) electrons. The third-order valence-electron chi connectivity index (χ3n) is 3.44. The van der Waals surface area contributed by atoms with Gasteiger partial charge < -0.3 is 5.32 Å². The Balaban J connectivity index is 2.30. The lowest BCUT2D eigenvalue weighted by Crippen LogP contribution is -2.23. The Kier molecular flexibility index (Phi) is 4.85. The van der Waals surface area contributed by atoms with Crippen molar-refractivity contribution in [3.05, 3.63) is 59.2 Å². The largest absolute Gasteiger partial charge is 0.305 e. The van der Waals surface area contributed by atoms with E-state index in [1.807, 2.05) is 19.3 Å². The molecule has 1 heterocycles. The highest BCUT2D eigenvalue weighted by Crippen LogP contribution is 2.22. The van der Waals surface area contributed by atoms with Crippen molar-refractivity contribution in [3.8, 4) is 0 Å². The summed E-state index contributed by atoms with van der Waals surface area (Å²) in [5, 5.41) is 3.48. The number of aromatic nitrogens is 2. The fourth-order valence-corrected chi connectivity index (χ4v) is 2.22. The van der Waals surface area contributed by atoms with Crippen LogP contribution in [0.1, 0.15) is 55.2 Å². The molecule has 0 aliphatic heterocycles. The standard InChI is InChI=1S/C17H23N3/c1-5-18-17(16-11-19-13(4)10-20-16)15-8-6-14(7-9-15)12(2)3/h6-12,17-18H,5H2,1-4H3. The van der Waals surface area contributed by atoms with Crippen molar-refractivity contribution in [1.29, 1.82) is 0 Å². The molecule has 106 valence electrons. The van der Waals surface area contributed by atoms with Crippen LogP contribution in [0.4, 0.5) is 0 Å². The fraction of sp³-hybridized carbons (Fsp3) is 0.412. The average Bonchev–Trinajstić information content (AvgIpc) is 2.46. The molecule has 0 saturated heterocycles. The SMILES string of the molecule is CCNC(c1ccc(C(C)C)cc1)c1cnc(C)cn1. The monoisotopic (exact) mass is 269 g/mol. The van der Waals surface area contributed by atoms with E-state index < -0.39 is 0 Å². The van der Waals surface area contributed by atoms with Crippen LogP contribution in [0, 0.1) is 6.92 Å². The zero-order valence-electron chi connectivity index (χ0n) is 12.7. The van der Waals surface area contributed by atoms with Crippen molar-refractivity contribution in [3.63, 3.8) is 0 Å². The minimum absolute atomic E-state index is 0.106. The Morgan fingerprint density at radius 1 is 1.00 bits per heavy atom. The normalized spacial score (nSPS) is 12.7. The van der Waals surface area contributed by atoms with Crippen molar-refractivity contribution >= 4 is 0 Å². The highest BCUT2D eigenvalue weighted by atomic mass is 14.9. The van der Waals surface area contributed by atoms with Crippen molar-refractivity contribution < 1.29 is 0 Å². The maximum Gasteiger partial charge on any atom is 0.0801 e. The molecule has 0 fully saturated rings. The van der Waals surface area contributed by atoms with Gasteiger partial charge in [0.15, 0.2) is 0 Å². The molecule has 0 saturated carbocycles. The number of benzene rings is 1. The van der Waals surface area contributed by atoms with Gasteiger partial charge in [-0.2, -0.15) is 0 Å². The van der Waals surface area contributed by atoms with Gasteiger partial charge >= 0.3 is 0 Å². The number of hydrogen-bond donors (Lipinski definition) is 1. The molecule has 2 aromatic rings. The molecular weight excluding hydrogens is 246 g/mol. The minimum atomic E-state index is 0.106. The number of nitrogens with zero attached hydrogens (tertiary/aromatic N) is 2.